The monoisotopic (exact) mass is 214 g/mol. The van der Waals surface area contributed by atoms with Crippen LogP contribution in [0.4, 0.5) is 4.39 Å². The Hall–Kier alpha value is -1.62. The van der Waals surface area contributed by atoms with Gasteiger partial charge in [-0.25, -0.2) is 9.18 Å². The Bertz CT molecular complexity index is 617. The summed E-state index contributed by atoms with van der Waals surface area (Å²) >= 11 is 5.55. The standard InChI is InChI=1S/C8H4ClFN2O2/c9-3-1-4(10)6-5(2-3)11-8(14)12-7(6)13/h1-2H,(H2,11,12,13,14). The number of aromatic amines is 2. The molecule has 0 aliphatic rings. The van der Waals surface area contributed by atoms with Crippen LogP contribution in [0.25, 0.3) is 10.9 Å². The fraction of sp³-hybridized carbons (Fsp3) is 0. The third-order valence-corrected chi connectivity index (χ3v) is 1.98. The molecule has 0 radical (unpaired) electrons. The van der Waals surface area contributed by atoms with Crippen molar-refractivity contribution in [1.82, 2.24) is 9.97 Å². The van der Waals surface area contributed by atoms with Crippen molar-refractivity contribution in [3.05, 3.63) is 43.8 Å². The predicted octanol–water partition coefficient (Wildman–Crippen LogP) is 1.01. The highest BCUT2D eigenvalue weighted by Crippen LogP contribution is 2.17. The summed E-state index contributed by atoms with van der Waals surface area (Å²) in [7, 11) is 0. The number of benzene rings is 1. The smallest absolute Gasteiger partial charge is 0.307 e. The van der Waals surface area contributed by atoms with E-state index in [9.17, 15) is 14.0 Å². The van der Waals surface area contributed by atoms with Crippen LogP contribution in [0, 0.1) is 5.82 Å². The zero-order chi connectivity index (χ0) is 10.3. The lowest BCUT2D eigenvalue weighted by molar-refractivity contribution is 0.638. The van der Waals surface area contributed by atoms with Gasteiger partial charge in [0.05, 0.1) is 10.9 Å². The van der Waals surface area contributed by atoms with E-state index in [0.29, 0.717) is 0 Å². The summed E-state index contributed by atoms with van der Waals surface area (Å²) < 4.78 is 13.2. The molecule has 2 rings (SSSR count). The Balaban J connectivity index is 3.10. The lowest BCUT2D eigenvalue weighted by Gasteiger charge is -1.98. The first kappa shape index (κ1) is 8.96. The van der Waals surface area contributed by atoms with Crippen molar-refractivity contribution in [1.29, 1.82) is 0 Å². The number of nitrogens with one attached hydrogen (secondary N) is 2. The van der Waals surface area contributed by atoms with E-state index < -0.39 is 17.1 Å². The molecule has 72 valence electrons. The van der Waals surface area contributed by atoms with Crippen molar-refractivity contribution >= 4 is 22.5 Å². The molecule has 1 heterocycles. The van der Waals surface area contributed by atoms with Gasteiger partial charge in [0.2, 0.25) is 0 Å². The van der Waals surface area contributed by atoms with Crippen molar-refractivity contribution in [2.45, 2.75) is 0 Å². The average molecular weight is 215 g/mol. The molecule has 0 fully saturated rings. The van der Waals surface area contributed by atoms with Crippen LogP contribution in [0.15, 0.2) is 21.7 Å². The topological polar surface area (TPSA) is 65.7 Å². The number of fused-ring (bicyclic) bond motifs is 1. The van der Waals surface area contributed by atoms with E-state index in [1.807, 2.05) is 4.98 Å². The fourth-order valence-electron chi connectivity index (χ4n) is 1.22. The summed E-state index contributed by atoms with van der Waals surface area (Å²) in [6.07, 6.45) is 0. The minimum Gasteiger partial charge on any atom is -0.307 e. The van der Waals surface area contributed by atoms with Gasteiger partial charge in [-0.3, -0.25) is 9.78 Å². The largest absolute Gasteiger partial charge is 0.326 e. The Kier molecular flexibility index (Phi) is 1.89. The zero-order valence-electron chi connectivity index (χ0n) is 6.73. The van der Waals surface area contributed by atoms with Gasteiger partial charge in [-0.2, -0.15) is 0 Å². The van der Waals surface area contributed by atoms with Gasteiger partial charge in [-0.05, 0) is 12.1 Å². The van der Waals surface area contributed by atoms with Crippen LogP contribution in [-0.4, -0.2) is 9.97 Å². The molecule has 0 saturated carbocycles. The van der Waals surface area contributed by atoms with E-state index in [-0.39, 0.29) is 15.9 Å². The van der Waals surface area contributed by atoms with E-state index in [1.165, 1.54) is 6.07 Å². The molecule has 0 saturated heterocycles. The van der Waals surface area contributed by atoms with Crippen molar-refractivity contribution in [2.75, 3.05) is 0 Å². The van der Waals surface area contributed by atoms with Gasteiger partial charge in [-0.1, -0.05) is 11.6 Å². The van der Waals surface area contributed by atoms with Gasteiger partial charge in [0, 0.05) is 5.02 Å². The molecular weight excluding hydrogens is 211 g/mol. The number of H-pyrrole nitrogens is 2. The van der Waals surface area contributed by atoms with Crippen LogP contribution in [0.1, 0.15) is 0 Å². The van der Waals surface area contributed by atoms with Gasteiger partial charge >= 0.3 is 5.69 Å². The second-order valence-electron chi connectivity index (χ2n) is 2.72. The number of hydrogen-bond acceptors (Lipinski definition) is 2. The Morgan fingerprint density at radius 1 is 1.21 bits per heavy atom. The van der Waals surface area contributed by atoms with Crippen molar-refractivity contribution < 1.29 is 4.39 Å². The summed E-state index contributed by atoms with van der Waals surface area (Å²) in [6.45, 7) is 0. The maximum absolute atomic E-state index is 13.2. The molecule has 0 unspecified atom stereocenters. The lowest BCUT2D eigenvalue weighted by Crippen LogP contribution is -2.22. The molecule has 4 nitrogen and oxygen atoms in total. The third-order valence-electron chi connectivity index (χ3n) is 1.76. The Morgan fingerprint density at radius 2 is 1.93 bits per heavy atom. The summed E-state index contributed by atoms with van der Waals surface area (Å²) in [5.74, 6) is -0.759. The zero-order valence-corrected chi connectivity index (χ0v) is 7.48. The normalized spacial score (nSPS) is 10.7. The lowest BCUT2D eigenvalue weighted by atomic mass is 10.2. The van der Waals surface area contributed by atoms with Gasteiger partial charge < -0.3 is 4.98 Å². The first-order chi connectivity index (χ1) is 6.58. The number of halogens is 2. The molecule has 0 spiro atoms. The second kappa shape index (κ2) is 2.95. The minimum absolute atomic E-state index is 0.0868. The summed E-state index contributed by atoms with van der Waals surface area (Å²) in [5, 5.41) is -0.0785. The number of hydrogen-bond donors (Lipinski definition) is 2. The van der Waals surface area contributed by atoms with Crippen molar-refractivity contribution in [3.8, 4) is 0 Å². The van der Waals surface area contributed by atoms with Crippen LogP contribution in [0.3, 0.4) is 0 Å². The van der Waals surface area contributed by atoms with Gasteiger partial charge in [0.1, 0.15) is 5.82 Å². The highest BCUT2D eigenvalue weighted by atomic mass is 35.5. The summed E-state index contributed by atoms with van der Waals surface area (Å²) in [4.78, 5) is 26.2. The molecule has 14 heavy (non-hydrogen) atoms. The molecule has 0 atom stereocenters. The van der Waals surface area contributed by atoms with E-state index in [2.05, 4.69) is 4.98 Å². The van der Waals surface area contributed by atoms with Crippen LogP contribution >= 0.6 is 11.6 Å². The molecule has 0 amide bonds. The van der Waals surface area contributed by atoms with Gasteiger partial charge in [0.25, 0.3) is 5.56 Å². The Morgan fingerprint density at radius 3 is 2.64 bits per heavy atom. The molecular formula is C8H4ClFN2O2. The maximum atomic E-state index is 13.2. The molecule has 6 heteroatoms. The first-order valence-electron chi connectivity index (χ1n) is 3.69. The van der Waals surface area contributed by atoms with E-state index in [0.717, 1.165) is 6.07 Å². The average Bonchev–Trinajstić information content (AvgIpc) is 1.99. The van der Waals surface area contributed by atoms with E-state index in [4.69, 9.17) is 11.6 Å². The van der Waals surface area contributed by atoms with Crippen LogP contribution < -0.4 is 11.2 Å². The predicted molar refractivity (Wildman–Crippen MR) is 50.2 cm³/mol. The number of aromatic nitrogens is 2. The van der Waals surface area contributed by atoms with Crippen molar-refractivity contribution in [3.63, 3.8) is 0 Å². The number of rotatable bonds is 0. The second-order valence-corrected chi connectivity index (χ2v) is 3.15. The quantitative estimate of drug-likeness (QED) is 0.687. The molecule has 1 aromatic heterocycles. The van der Waals surface area contributed by atoms with E-state index >= 15 is 0 Å². The van der Waals surface area contributed by atoms with Crippen LogP contribution in [0.2, 0.25) is 5.02 Å². The van der Waals surface area contributed by atoms with Crippen LogP contribution in [-0.2, 0) is 0 Å². The maximum Gasteiger partial charge on any atom is 0.326 e. The summed E-state index contributed by atoms with van der Waals surface area (Å²) in [6, 6.07) is 2.33. The van der Waals surface area contributed by atoms with Crippen molar-refractivity contribution in [2.24, 2.45) is 0 Å². The minimum atomic E-state index is -0.766. The molecule has 2 aromatic rings. The molecule has 0 bridgehead atoms. The molecule has 2 N–H and O–H groups in total. The molecule has 1 aromatic carbocycles. The summed E-state index contributed by atoms with van der Waals surface area (Å²) in [5.41, 5.74) is -1.37. The molecule has 0 aliphatic heterocycles. The van der Waals surface area contributed by atoms with Crippen LogP contribution in [0.5, 0.6) is 0 Å². The fourth-order valence-corrected chi connectivity index (χ4v) is 1.43. The van der Waals surface area contributed by atoms with E-state index in [1.54, 1.807) is 0 Å². The highest BCUT2D eigenvalue weighted by Gasteiger charge is 2.07. The molecule has 0 aliphatic carbocycles. The SMILES string of the molecule is O=c1[nH]c(=O)c2c(F)cc(Cl)cc2[nH]1. The first-order valence-corrected chi connectivity index (χ1v) is 4.07. The van der Waals surface area contributed by atoms with Gasteiger partial charge in [-0.15, -0.1) is 0 Å². The Labute approximate surface area is 81.3 Å². The third kappa shape index (κ3) is 1.31. The van der Waals surface area contributed by atoms with Gasteiger partial charge in [0.15, 0.2) is 0 Å². The highest BCUT2D eigenvalue weighted by molar-refractivity contribution is 6.31.